The van der Waals surface area contributed by atoms with Crippen molar-refractivity contribution in [2.45, 2.75) is 5.41 Å². The van der Waals surface area contributed by atoms with Gasteiger partial charge in [0.05, 0.1) is 22.1 Å². The van der Waals surface area contributed by atoms with Crippen molar-refractivity contribution in [3.63, 3.8) is 0 Å². The van der Waals surface area contributed by atoms with Crippen molar-refractivity contribution in [3.8, 4) is 51.0 Å². The molecule has 0 saturated heterocycles. The molecule has 0 fully saturated rings. The maximum Gasteiger partial charge on any atom is 0.164 e. The molecule has 62 heavy (non-hydrogen) atoms. The molecule has 286 valence electrons. The number of hydrogen-bond acceptors (Lipinski definition) is 3. The van der Waals surface area contributed by atoms with E-state index in [4.69, 9.17) is 15.0 Å². The molecule has 4 nitrogen and oxygen atoms in total. The third kappa shape index (κ3) is 4.37. The maximum atomic E-state index is 5.38. The topological polar surface area (TPSA) is 43.6 Å². The summed E-state index contributed by atoms with van der Waals surface area (Å²) in [5.74, 6) is 1.93. The van der Waals surface area contributed by atoms with Crippen molar-refractivity contribution < 1.29 is 0 Å². The van der Waals surface area contributed by atoms with Crippen LogP contribution in [-0.4, -0.2) is 19.5 Å². The van der Waals surface area contributed by atoms with E-state index in [0.717, 1.165) is 16.7 Å². The van der Waals surface area contributed by atoms with E-state index in [0.29, 0.717) is 17.5 Å². The van der Waals surface area contributed by atoms with Gasteiger partial charge in [0, 0.05) is 27.5 Å². The van der Waals surface area contributed by atoms with Crippen LogP contribution in [0.5, 0.6) is 0 Å². The van der Waals surface area contributed by atoms with E-state index in [1.807, 2.05) is 18.2 Å². The molecule has 3 heterocycles. The molecule has 0 amide bonds. The highest BCUT2D eigenvalue weighted by Gasteiger charge is 2.51. The highest BCUT2D eigenvalue weighted by atomic mass is 15.0. The van der Waals surface area contributed by atoms with E-state index in [9.17, 15) is 0 Å². The molecule has 1 unspecified atom stereocenters. The number of rotatable bonds is 3. The minimum Gasteiger partial charge on any atom is -0.309 e. The van der Waals surface area contributed by atoms with Crippen LogP contribution in [-0.2, 0) is 5.41 Å². The van der Waals surface area contributed by atoms with Crippen LogP contribution in [0.1, 0.15) is 22.3 Å². The van der Waals surface area contributed by atoms with E-state index in [2.05, 4.69) is 193 Å². The first-order valence-electron chi connectivity index (χ1n) is 21.3. The van der Waals surface area contributed by atoms with Crippen LogP contribution in [0.3, 0.4) is 0 Å². The van der Waals surface area contributed by atoms with Crippen LogP contribution < -0.4 is 0 Å². The van der Waals surface area contributed by atoms with E-state index in [1.54, 1.807) is 0 Å². The molecule has 1 aliphatic heterocycles. The molecular formula is C58H34N4. The number of hydrogen-bond donors (Lipinski definition) is 0. The molecule has 12 aromatic rings. The zero-order valence-corrected chi connectivity index (χ0v) is 33.4. The molecule has 14 rings (SSSR count). The molecule has 1 spiro atoms. The minimum absolute atomic E-state index is 0.581. The quantitative estimate of drug-likeness (QED) is 0.168. The fourth-order valence-electron chi connectivity index (χ4n) is 11.1. The lowest BCUT2D eigenvalue weighted by molar-refractivity contribution is 0.748. The van der Waals surface area contributed by atoms with Gasteiger partial charge in [0.15, 0.2) is 17.5 Å². The Hall–Kier alpha value is -8.21. The molecular weight excluding hydrogens is 753 g/mol. The third-order valence-corrected chi connectivity index (χ3v) is 13.6. The summed E-state index contributed by atoms with van der Waals surface area (Å²) < 4.78 is 2.49. The fraction of sp³-hybridized carbons (Fsp3) is 0.0172. The highest BCUT2D eigenvalue weighted by molar-refractivity contribution is 6.25. The Kier molecular flexibility index (Phi) is 6.73. The average molecular weight is 787 g/mol. The molecule has 4 heteroatoms. The summed E-state index contributed by atoms with van der Waals surface area (Å²) in [4.78, 5) is 15.9. The first-order valence-corrected chi connectivity index (χ1v) is 21.3. The van der Waals surface area contributed by atoms with Gasteiger partial charge in [0.2, 0.25) is 0 Å². The number of fused-ring (bicyclic) bond motifs is 18. The van der Waals surface area contributed by atoms with Crippen molar-refractivity contribution in [1.82, 2.24) is 19.5 Å². The molecule has 0 radical (unpaired) electrons. The van der Waals surface area contributed by atoms with Gasteiger partial charge in [-0.15, -0.1) is 0 Å². The lowest BCUT2D eigenvalue weighted by Gasteiger charge is -2.39. The Morgan fingerprint density at radius 2 is 0.823 bits per heavy atom. The number of para-hydroxylation sites is 3. The molecule has 0 saturated carbocycles. The second-order valence-corrected chi connectivity index (χ2v) is 16.7. The van der Waals surface area contributed by atoms with Crippen molar-refractivity contribution in [2.24, 2.45) is 0 Å². The zero-order chi connectivity index (χ0) is 40.5. The Morgan fingerprint density at radius 1 is 0.306 bits per heavy atom. The summed E-state index contributed by atoms with van der Waals surface area (Å²) in [6.45, 7) is 0. The predicted octanol–water partition coefficient (Wildman–Crippen LogP) is 14.1. The molecule has 10 aromatic carbocycles. The van der Waals surface area contributed by atoms with E-state index >= 15 is 0 Å². The van der Waals surface area contributed by atoms with Crippen molar-refractivity contribution in [2.75, 3.05) is 0 Å². The number of aromatic nitrogens is 4. The molecule has 1 atom stereocenters. The van der Waals surface area contributed by atoms with Crippen molar-refractivity contribution >= 4 is 54.1 Å². The Balaban J connectivity index is 1.04. The van der Waals surface area contributed by atoms with Gasteiger partial charge >= 0.3 is 0 Å². The Labute approximate surface area is 357 Å². The van der Waals surface area contributed by atoms with Gasteiger partial charge in [-0.3, -0.25) is 0 Å². The summed E-state index contributed by atoms with van der Waals surface area (Å²) in [7, 11) is 0. The summed E-state index contributed by atoms with van der Waals surface area (Å²) in [5, 5.41) is 9.87. The Morgan fingerprint density at radius 3 is 1.58 bits per heavy atom. The zero-order valence-electron chi connectivity index (χ0n) is 33.4. The fourth-order valence-corrected chi connectivity index (χ4v) is 11.1. The highest BCUT2D eigenvalue weighted by Crippen LogP contribution is 2.61. The van der Waals surface area contributed by atoms with Crippen molar-refractivity contribution in [1.29, 1.82) is 0 Å². The van der Waals surface area contributed by atoms with Crippen LogP contribution in [0.15, 0.2) is 206 Å². The lowest BCUT2D eigenvalue weighted by atomic mass is 9.65. The van der Waals surface area contributed by atoms with Gasteiger partial charge in [0.25, 0.3) is 0 Å². The third-order valence-electron chi connectivity index (χ3n) is 13.6. The average Bonchev–Trinajstić information content (AvgIpc) is 3.84. The van der Waals surface area contributed by atoms with Crippen LogP contribution in [0.2, 0.25) is 0 Å². The van der Waals surface area contributed by atoms with Gasteiger partial charge < -0.3 is 4.57 Å². The molecule has 0 N–H and O–H groups in total. The number of benzene rings is 10. The standard InChI is InChI=1S/C58H34N4/c1-2-15-35(16-3-1)55-59-56(36-29-31-42-40-19-5-4-17-38(40)39-18-6-7-20-41(39)47(42)33-36)61-57(60-55)37-30-32-44-43-21-8-10-24-48(43)58(51(44)34-37)49-25-11-13-28-53(49)62-52-27-12-9-22-45(52)46-23-14-26-50(58)54(46)62/h1-34H. The van der Waals surface area contributed by atoms with Gasteiger partial charge in [-0.1, -0.05) is 182 Å². The smallest absolute Gasteiger partial charge is 0.164 e. The number of nitrogens with zero attached hydrogens (tertiary/aromatic N) is 4. The second kappa shape index (κ2) is 12.4. The van der Waals surface area contributed by atoms with Crippen LogP contribution in [0, 0.1) is 0 Å². The molecule has 2 aliphatic rings. The van der Waals surface area contributed by atoms with Crippen LogP contribution >= 0.6 is 0 Å². The lowest BCUT2D eigenvalue weighted by Crippen LogP contribution is -2.33. The first kappa shape index (κ1) is 33.6. The van der Waals surface area contributed by atoms with Crippen molar-refractivity contribution in [3.05, 3.63) is 229 Å². The molecule has 0 bridgehead atoms. The molecule has 2 aromatic heterocycles. The monoisotopic (exact) mass is 786 g/mol. The van der Waals surface area contributed by atoms with Crippen LogP contribution in [0.25, 0.3) is 105 Å². The SMILES string of the molecule is c1ccc(-c2nc(-c3ccc4c(c3)C3(c5ccccc5-4)c4ccccc4-n4c5ccccc5c5cccc3c54)nc(-c3ccc4c5ccccc5c5ccccc5c4c3)n2)cc1. The van der Waals surface area contributed by atoms with E-state index < -0.39 is 5.41 Å². The van der Waals surface area contributed by atoms with E-state index in [-0.39, 0.29) is 0 Å². The summed E-state index contributed by atoms with van der Waals surface area (Å²) >= 11 is 0. The van der Waals surface area contributed by atoms with Gasteiger partial charge in [-0.05, 0) is 90.0 Å². The summed E-state index contributed by atoms with van der Waals surface area (Å²) in [6.07, 6.45) is 0. The second-order valence-electron chi connectivity index (χ2n) is 16.7. The van der Waals surface area contributed by atoms with Crippen LogP contribution in [0.4, 0.5) is 0 Å². The normalized spacial score (nSPS) is 14.8. The van der Waals surface area contributed by atoms with Gasteiger partial charge in [-0.25, -0.2) is 15.0 Å². The minimum atomic E-state index is -0.581. The predicted molar refractivity (Wildman–Crippen MR) is 254 cm³/mol. The maximum absolute atomic E-state index is 5.38. The van der Waals surface area contributed by atoms with E-state index in [1.165, 1.54) is 93.2 Å². The molecule has 1 aliphatic carbocycles. The summed E-state index contributed by atoms with van der Waals surface area (Å²) in [6, 6.07) is 74.9. The largest absolute Gasteiger partial charge is 0.309 e. The summed E-state index contributed by atoms with van der Waals surface area (Å²) in [5.41, 5.74) is 13.5. The van der Waals surface area contributed by atoms with Gasteiger partial charge in [0.1, 0.15) is 0 Å². The van der Waals surface area contributed by atoms with Gasteiger partial charge in [-0.2, -0.15) is 0 Å². The Bertz CT molecular complexity index is 3850. The first-order chi connectivity index (χ1) is 30.8.